The van der Waals surface area contributed by atoms with Gasteiger partial charge in [-0.3, -0.25) is 0 Å². The van der Waals surface area contributed by atoms with Crippen molar-refractivity contribution in [2.45, 2.75) is 6.54 Å². The molecule has 2 nitrogen and oxygen atoms in total. The van der Waals surface area contributed by atoms with Crippen molar-refractivity contribution >= 4 is 18.3 Å². The van der Waals surface area contributed by atoms with Gasteiger partial charge in [0.05, 0.1) is 6.54 Å². The molecule has 0 saturated carbocycles. The molecule has 0 bridgehead atoms. The Bertz CT molecular complexity index is 248. The summed E-state index contributed by atoms with van der Waals surface area (Å²) in [4.78, 5) is 0. The largest absolute Gasteiger partial charge is 0.306 e. The van der Waals surface area contributed by atoms with E-state index in [0.717, 1.165) is 10.6 Å². The Balaban J connectivity index is 2.63. The Hall–Kier alpha value is -1.02. The minimum atomic E-state index is 0.671. The van der Waals surface area contributed by atoms with E-state index in [1.165, 1.54) is 0 Å². The summed E-state index contributed by atoms with van der Waals surface area (Å²) in [6.45, 7) is 3.97. The van der Waals surface area contributed by atoms with E-state index in [1.54, 1.807) is 0 Å². The minimum Gasteiger partial charge on any atom is -0.306 e. The number of hydrogen-bond acceptors (Lipinski definition) is 2. The molecule has 0 heterocycles. The molecule has 0 aromatic heterocycles. The van der Waals surface area contributed by atoms with Crippen LogP contribution in [0.5, 0.6) is 0 Å². The molecule has 0 fully saturated rings. The van der Waals surface area contributed by atoms with E-state index < -0.39 is 0 Å². The number of hydrogen-bond donors (Lipinski definition) is 1. The van der Waals surface area contributed by atoms with Gasteiger partial charge in [0.2, 0.25) is 0 Å². The predicted octanol–water partition coefficient (Wildman–Crippen LogP) is 2.05. The van der Waals surface area contributed by atoms with Gasteiger partial charge >= 0.3 is 0 Å². The fraction of sp³-hybridized carbons (Fsp3) is 0.125. The fourth-order valence-electron chi connectivity index (χ4n) is 0.794. The lowest BCUT2D eigenvalue weighted by Crippen LogP contribution is -2.03. The van der Waals surface area contributed by atoms with Crippen LogP contribution in [0.2, 0.25) is 5.02 Å². The van der Waals surface area contributed by atoms with Crippen LogP contribution in [0.3, 0.4) is 0 Å². The number of rotatable bonds is 3. The highest BCUT2D eigenvalue weighted by Gasteiger charge is 1.90. The monoisotopic (exact) mass is 168 g/mol. The first-order valence-corrected chi connectivity index (χ1v) is 3.64. The van der Waals surface area contributed by atoms with E-state index in [1.807, 2.05) is 24.3 Å². The molecule has 3 heteroatoms. The van der Waals surface area contributed by atoms with Crippen LogP contribution in [0.1, 0.15) is 5.56 Å². The first kappa shape index (κ1) is 8.08. The highest BCUT2D eigenvalue weighted by molar-refractivity contribution is 6.30. The third-order valence-corrected chi connectivity index (χ3v) is 1.52. The number of benzene rings is 1. The standard InChI is InChI=1S/C8H9ClN2/c1-10-11-6-7-3-2-4-8(9)5-7/h2-5,11H,1,6H2. The van der Waals surface area contributed by atoms with Gasteiger partial charge in [-0.2, -0.15) is 5.10 Å². The average Bonchev–Trinajstić information content (AvgIpc) is 2.01. The van der Waals surface area contributed by atoms with Gasteiger partial charge in [-0.1, -0.05) is 23.7 Å². The normalized spacial score (nSPS) is 9.18. The summed E-state index contributed by atoms with van der Waals surface area (Å²) in [5, 5.41) is 4.26. The number of nitrogens with zero attached hydrogens (tertiary/aromatic N) is 1. The van der Waals surface area contributed by atoms with Crippen molar-refractivity contribution in [3.8, 4) is 0 Å². The molecule has 1 rings (SSSR count). The van der Waals surface area contributed by atoms with Crippen molar-refractivity contribution in [2.24, 2.45) is 5.10 Å². The van der Waals surface area contributed by atoms with Crippen molar-refractivity contribution in [1.82, 2.24) is 5.43 Å². The summed E-state index contributed by atoms with van der Waals surface area (Å²) in [6.07, 6.45) is 0. The molecule has 11 heavy (non-hydrogen) atoms. The molecule has 0 amide bonds. The lowest BCUT2D eigenvalue weighted by Gasteiger charge is -1.99. The highest BCUT2D eigenvalue weighted by atomic mass is 35.5. The van der Waals surface area contributed by atoms with Crippen LogP contribution in [0, 0.1) is 0 Å². The lowest BCUT2D eigenvalue weighted by molar-refractivity contribution is 0.751. The predicted molar refractivity (Wildman–Crippen MR) is 47.8 cm³/mol. The van der Waals surface area contributed by atoms with Crippen LogP contribution >= 0.6 is 11.6 Å². The van der Waals surface area contributed by atoms with E-state index >= 15 is 0 Å². The number of hydrazone groups is 1. The maximum Gasteiger partial charge on any atom is 0.0580 e. The molecule has 1 aromatic carbocycles. The third kappa shape index (κ3) is 2.60. The molecular weight excluding hydrogens is 160 g/mol. The molecule has 1 N–H and O–H groups in total. The summed E-state index contributed by atoms with van der Waals surface area (Å²) in [5.41, 5.74) is 3.85. The molecule has 1 aromatic rings. The zero-order valence-corrected chi connectivity index (χ0v) is 6.80. The quantitative estimate of drug-likeness (QED) is 0.542. The second kappa shape index (κ2) is 3.98. The second-order valence-electron chi connectivity index (χ2n) is 2.12. The summed E-state index contributed by atoms with van der Waals surface area (Å²) in [7, 11) is 0. The third-order valence-electron chi connectivity index (χ3n) is 1.28. The lowest BCUT2D eigenvalue weighted by atomic mass is 10.2. The van der Waals surface area contributed by atoms with E-state index in [0.29, 0.717) is 6.54 Å². The first-order valence-electron chi connectivity index (χ1n) is 3.26. The van der Waals surface area contributed by atoms with Crippen LogP contribution < -0.4 is 5.43 Å². The molecule has 0 spiro atoms. The SMILES string of the molecule is C=NNCc1cccc(Cl)c1. The average molecular weight is 169 g/mol. The van der Waals surface area contributed by atoms with Crippen molar-refractivity contribution in [1.29, 1.82) is 0 Å². The zero-order valence-electron chi connectivity index (χ0n) is 6.05. The van der Waals surface area contributed by atoms with Gasteiger partial charge in [-0.25, -0.2) is 0 Å². The molecule has 0 unspecified atom stereocenters. The van der Waals surface area contributed by atoms with Crippen molar-refractivity contribution < 1.29 is 0 Å². The molecule has 0 aliphatic heterocycles. The zero-order chi connectivity index (χ0) is 8.10. The van der Waals surface area contributed by atoms with Gasteiger partial charge in [0, 0.05) is 11.7 Å². The van der Waals surface area contributed by atoms with Gasteiger partial charge in [-0.05, 0) is 17.7 Å². The molecule has 0 atom stereocenters. The van der Waals surface area contributed by atoms with Gasteiger partial charge in [0.25, 0.3) is 0 Å². The molecule has 0 radical (unpaired) electrons. The maximum atomic E-state index is 5.75. The molecule has 0 aliphatic rings. The van der Waals surface area contributed by atoms with E-state index in [4.69, 9.17) is 11.6 Å². The second-order valence-corrected chi connectivity index (χ2v) is 2.56. The number of halogens is 1. The van der Waals surface area contributed by atoms with Gasteiger partial charge in [0.1, 0.15) is 0 Å². The Morgan fingerprint density at radius 1 is 1.55 bits per heavy atom. The molecule has 0 saturated heterocycles. The molecule has 0 aliphatic carbocycles. The summed E-state index contributed by atoms with van der Waals surface area (Å²) >= 11 is 5.75. The fourth-order valence-corrected chi connectivity index (χ4v) is 1.01. The Labute approximate surface area is 70.9 Å². The summed E-state index contributed by atoms with van der Waals surface area (Å²) in [6, 6.07) is 7.61. The van der Waals surface area contributed by atoms with Gasteiger partial charge < -0.3 is 5.43 Å². The van der Waals surface area contributed by atoms with Crippen LogP contribution in [-0.4, -0.2) is 6.72 Å². The van der Waals surface area contributed by atoms with Gasteiger partial charge in [0.15, 0.2) is 0 Å². The smallest absolute Gasteiger partial charge is 0.0580 e. The minimum absolute atomic E-state index is 0.671. The molecular formula is C8H9ClN2. The Kier molecular flexibility index (Phi) is 2.93. The Morgan fingerprint density at radius 2 is 2.36 bits per heavy atom. The topological polar surface area (TPSA) is 24.4 Å². The van der Waals surface area contributed by atoms with Crippen LogP contribution in [0.25, 0.3) is 0 Å². The van der Waals surface area contributed by atoms with Crippen LogP contribution in [-0.2, 0) is 6.54 Å². The maximum absolute atomic E-state index is 5.75. The van der Waals surface area contributed by atoms with Crippen LogP contribution in [0.4, 0.5) is 0 Å². The number of nitrogens with one attached hydrogen (secondary N) is 1. The summed E-state index contributed by atoms with van der Waals surface area (Å²) < 4.78 is 0. The first-order chi connectivity index (χ1) is 5.33. The van der Waals surface area contributed by atoms with Crippen molar-refractivity contribution in [2.75, 3.05) is 0 Å². The Morgan fingerprint density at radius 3 is 3.00 bits per heavy atom. The van der Waals surface area contributed by atoms with Gasteiger partial charge in [-0.15, -0.1) is 0 Å². The van der Waals surface area contributed by atoms with Crippen molar-refractivity contribution in [3.63, 3.8) is 0 Å². The van der Waals surface area contributed by atoms with Crippen molar-refractivity contribution in [3.05, 3.63) is 34.9 Å². The van der Waals surface area contributed by atoms with E-state index in [-0.39, 0.29) is 0 Å². The molecule has 58 valence electrons. The van der Waals surface area contributed by atoms with E-state index in [9.17, 15) is 0 Å². The van der Waals surface area contributed by atoms with E-state index in [2.05, 4.69) is 17.2 Å². The summed E-state index contributed by atoms with van der Waals surface area (Å²) in [5.74, 6) is 0. The van der Waals surface area contributed by atoms with Crippen LogP contribution in [0.15, 0.2) is 29.4 Å². The highest BCUT2D eigenvalue weighted by Crippen LogP contribution is 2.09.